The molecule has 3 heteroatoms. The van der Waals surface area contributed by atoms with Crippen molar-refractivity contribution in [3.05, 3.63) is 36.0 Å². The Morgan fingerprint density at radius 3 is 2.50 bits per heavy atom. The number of ether oxygens (including phenoxy) is 1. The Hall–Kier alpha value is 0.260. The summed E-state index contributed by atoms with van der Waals surface area (Å²) in [5, 5.41) is 0. The minimum atomic E-state index is -0.0862. The lowest BCUT2D eigenvalue weighted by molar-refractivity contribution is 0.0550. The molecule has 0 rings (SSSR count). The van der Waals surface area contributed by atoms with Gasteiger partial charge in [-0.15, -0.1) is 0 Å². The van der Waals surface area contributed by atoms with Gasteiger partial charge in [0.1, 0.15) is 4.93 Å². The van der Waals surface area contributed by atoms with Crippen molar-refractivity contribution in [2.24, 2.45) is 0 Å². The first-order valence-corrected chi connectivity index (χ1v) is 8.86. The van der Waals surface area contributed by atoms with E-state index in [0.717, 1.165) is 6.42 Å². The van der Waals surface area contributed by atoms with E-state index in [-0.39, 0.29) is 4.93 Å². The van der Waals surface area contributed by atoms with Crippen LogP contribution in [0.15, 0.2) is 36.0 Å². The lowest BCUT2D eigenvalue weighted by atomic mass is 10.2. The molecular weight excluding hydrogens is 331 g/mol. The molecule has 0 amide bonds. The molecule has 1 atom stereocenters. The van der Waals surface area contributed by atoms with Crippen molar-refractivity contribution in [1.29, 1.82) is 0 Å². The van der Waals surface area contributed by atoms with Crippen molar-refractivity contribution < 1.29 is 4.74 Å². The van der Waals surface area contributed by atoms with Gasteiger partial charge in [0.15, 0.2) is 0 Å². The van der Waals surface area contributed by atoms with Crippen molar-refractivity contribution in [1.82, 2.24) is 0 Å². The summed E-state index contributed by atoms with van der Waals surface area (Å²) in [6.07, 6.45) is 11.3. The molecule has 1 unspecified atom stereocenters. The maximum Gasteiger partial charge on any atom is 0.120 e. The Balaban J connectivity index is 4.43. The molecule has 0 aromatic carbocycles. The topological polar surface area (TPSA) is 9.23 Å². The van der Waals surface area contributed by atoms with Crippen LogP contribution in [0.25, 0.3) is 0 Å². The number of hydrogen-bond donors (Lipinski definition) is 0. The van der Waals surface area contributed by atoms with Gasteiger partial charge in [-0.2, -0.15) is 0 Å². The van der Waals surface area contributed by atoms with Gasteiger partial charge in [0.25, 0.3) is 0 Å². The van der Waals surface area contributed by atoms with E-state index in [1.165, 1.54) is 5.57 Å². The third kappa shape index (κ3) is 6.76. The first kappa shape index (κ1) is 16.3. The predicted octanol–water partition coefficient (Wildman–Crippen LogP) is 5.29. The molecule has 16 heavy (non-hydrogen) atoms. The first-order valence-electron chi connectivity index (χ1n) is 5.50. The molecule has 0 bridgehead atoms. The van der Waals surface area contributed by atoms with Crippen molar-refractivity contribution in [3.63, 3.8) is 0 Å². The highest BCUT2D eigenvalue weighted by Gasteiger charge is 2.22. The van der Waals surface area contributed by atoms with Crippen LogP contribution in [0.3, 0.4) is 0 Å². The van der Waals surface area contributed by atoms with Crippen LogP contribution < -0.4 is 0 Å². The molecular formula is C13H21IOS. The maximum absolute atomic E-state index is 5.94. The Bertz CT molecular complexity index is 265. The van der Waals surface area contributed by atoms with Gasteiger partial charge in [-0.05, 0) is 54.0 Å². The summed E-state index contributed by atoms with van der Waals surface area (Å²) in [6.45, 7) is 8.98. The van der Waals surface area contributed by atoms with Gasteiger partial charge in [-0.1, -0.05) is 46.2 Å². The lowest BCUT2D eigenvalue weighted by Crippen LogP contribution is -2.22. The molecule has 0 aliphatic carbocycles. The van der Waals surface area contributed by atoms with Gasteiger partial charge in [0.2, 0.25) is 0 Å². The molecule has 0 saturated heterocycles. The van der Waals surface area contributed by atoms with Crippen molar-refractivity contribution in [2.75, 3.05) is 6.61 Å². The Kier molecular flexibility index (Phi) is 9.46. The quantitative estimate of drug-likeness (QED) is 0.350. The highest BCUT2D eigenvalue weighted by atomic mass is 127. The number of halogens is 1. The van der Waals surface area contributed by atoms with E-state index in [1.54, 1.807) is 8.93 Å². The first-order chi connectivity index (χ1) is 7.61. The minimum absolute atomic E-state index is 0.0862. The van der Waals surface area contributed by atoms with Crippen LogP contribution >= 0.6 is 30.1 Å². The summed E-state index contributed by atoms with van der Waals surface area (Å²) < 4.78 is 5.94. The van der Waals surface area contributed by atoms with E-state index in [1.807, 2.05) is 32.1 Å². The third-order valence-corrected chi connectivity index (χ3v) is 5.76. The summed E-state index contributed by atoms with van der Waals surface area (Å²) in [5.41, 5.74) is 1.20. The molecule has 1 nitrogen and oxygen atoms in total. The molecule has 0 aliphatic heterocycles. The summed E-state index contributed by atoms with van der Waals surface area (Å²) in [7, 11) is 1.73. The molecule has 0 saturated carbocycles. The molecule has 0 aromatic rings. The van der Waals surface area contributed by atoms with E-state index >= 15 is 0 Å². The second-order valence-corrected chi connectivity index (χ2v) is 5.96. The predicted molar refractivity (Wildman–Crippen MR) is 84.0 cm³/mol. The Morgan fingerprint density at radius 1 is 1.38 bits per heavy atom. The monoisotopic (exact) mass is 352 g/mol. The molecule has 0 aliphatic rings. The van der Waals surface area contributed by atoms with Crippen molar-refractivity contribution >= 4 is 30.1 Å². The molecule has 0 N–H and O–H groups in total. The van der Waals surface area contributed by atoms with Gasteiger partial charge in [-0.25, -0.2) is 0 Å². The highest BCUT2D eigenvalue weighted by Crippen LogP contribution is 2.35. The fourth-order valence-electron chi connectivity index (χ4n) is 1.00. The number of rotatable bonds is 7. The third-order valence-electron chi connectivity index (χ3n) is 2.23. The second kappa shape index (κ2) is 9.31. The van der Waals surface area contributed by atoms with Crippen LogP contribution in [0.4, 0.5) is 0 Å². The Morgan fingerprint density at radius 2 is 2.06 bits per heavy atom. The highest BCUT2D eigenvalue weighted by molar-refractivity contribution is 14.2. The van der Waals surface area contributed by atoms with Crippen LogP contribution in [-0.2, 0) is 4.74 Å². The van der Waals surface area contributed by atoms with Crippen LogP contribution in [0, 0.1) is 0 Å². The van der Waals surface area contributed by atoms with Crippen molar-refractivity contribution in [2.45, 2.75) is 39.0 Å². The van der Waals surface area contributed by atoms with Crippen LogP contribution in [-0.4, -0.2) is 11.5 Å². The SMILES string of the molecule is C\C=C/C=C(\C=C/C)COC(C)(CC)SI. The fraction of sp³-hybridized carbons (Fsp3) is 0.538. The molecule has 0 radical (unpaired) electrons. The zero-order valence-corrected chi connectivity index (χ0v) is 13.5. The van der Waals surface area contributed by atoms with E-state index in [4.69, 9.17) is 4.74 Å². The fourth-order valence-corrected chi connectivity index (χ4v) is 2.53. The number of hydrogen-bond acceptors (Lipinski definition) is 2. The van der Waals surface area contributed by atoms with Gasteiger partial charge in [0, 0.05) is 0 Å². The lowest BCUT2D eigenvalue weighted by Gasteiger charge is -2.25. The second-order valence-electron chi connectivity index (χ2n) is 3.62. The molecule has 0 fully saturated rings. The molecule has 92 valence electrons. The zero-order chi connectivity index (χ0) is 12.4. The van der Waals surface area contributed by atoms with Crippen LogP contribution in [0.5, 0.6) is 0 Å². The van der Waals surface area contributed by atoms with Gasteiger partial charge >= 0.3 is 0 Å². The molecule has 0 spiro atoms. The zero-order valence-electron chi connectivity index (χ0n) is 10.5. The van der Waals surface area contributed by atoms with Gasteiger partial charge in [-0.3, -0.25) is 0 Å². The molecule has 0 heterocycles. The standard InChI is InChI=1S/C13H21IOS/c1-5-8-10-12(9-6-2)11-15-13(4,7-3)16-14/h5-6,8-10H,7,11H2,1-4H3/b8-5-,9-6-,12-10+. The summed E-state index contributed by atoms with van der Waals surface area (Å²) in [5.74, 6) is 0. The average Bonchev–Trinajstić information content (AvgIpc) is 2.32. The van der Waals surface area contributed by atoms with Crippen LogP contribution in [0.1, 0.15) is 34.1 Å². The molecule has 0 aromatic heterocycles. The normalized spacial score (nSPS) is 17.2. The van der Waals surface area contributed by atoms with Gasteiger partial charge in [0.05, 0.1) is 6.61 Å². The van der Waals surface area contributed by atoms with E-state index in [0.29, 0.717) is 6.61 Å². The van der Waals surface area contributed by atoms with Gasteiger partial charge < -0.3 is 4.74 Å². The largest absolute Gasteiger partial charge is 0.359 e. The average molecular weight is 352 g/mol. The van der Waals surface area contributed by atoms with Crippen LogP contribution in [0.2, 0.25) is 0 Å². The number of allylic oxidation sites excluding steroid dienone is 4. The summed E-state index contributed by atoms with van der Waals surface area (Å²) in [6, 6.07) is 0. The smallest absolute Gasteiger partial charge is 0.120 e. The van der Waals surface area contributed by atoms with E-state index in [2.05, 4.69) is 47.2 Å². The van der Waals surface area contributed by atoms with E-state index < -0.39 is 0 Å². The Labute approximate surface area is 116 Å². The van der Waals surface area contributed by atoms with Crippen molar-refractivity contribution in [3.8, 4) is 0 Å². The van der Waals surface area contributed by atoms with E-state index in [9.17, 15) is 0 Å². The minimum Gasteiger partial charge on any atom is -0.359 e. The maximum atomic E-state index is 5.94. The summed E-state index contributed by atoms with van der Waals surface area (Å²) in [4.78, 5) is -0.0862. The summed E-state index contributed by atoms with van der Waals surface area (Å²) >= 11 is 2.30.